The van der Waals surface area contributed by atoms with Crippen LogP contribution in [0.2, 0.25) is 5.02 Å². The number of benzene rings is 3. The number of hydrogen-bond acceptors (Lipinski definition) is 5. The molecule has 0 unspecified atom stereocenters. The van der Waals surface area contributed by atoms with E-state index < -0.39 is 5.82 Å². The number of hydrogen-bond donors (Lipinski definition) is 0. The standard InChI is InChI=1S/C25H20ClFN2O2S2/c1-28(2)17-9-11-18(12-10-17)29-24(30)23(33-25(29)32)14-16-5-3-6-19(13-16)31-15-20-21(26)7-4-8-22(20)27/h3-14H,15H2,1-2H3/b23-14+. The molecule has 1 saturated heterocycles. The van der Waals surface area contributed by atoms with Crippen molar-refractivity contribution in [1.82, 2.24) is 0 Å². The van der Waals surface area contributed by atoms with Crippen LogP contribution in [-0.4, -0.2) is 24.3 Å². The number of anilines is 2. The Bertz CT molecular complexity index is 1230. The molecule has 3 aromatic rings. The summed E-state index contributed by atoms with van der Waals surface area (Å²) < 4.78 is 20.2. The molecule has 0 N–H and O–H groups in total. The molecular weight excluding hydrogens is 479 g/mol. The van der Waals surface area contributed by atoms with Gasteiger partial charge in [-0.25, -0.2) is 4.39 Å². The van der Waals surface area contributed by atoms with E-state index in [4.69, 9.17) is 28.6 Å². The number of thioether (sulfide) groups is 1. The monoisotopic (exact) mass is 498 g/mol. The first-order valence-corrected chi connectivity index (χ1v) is 11.6. The molecule has 8 heteroatoms. The molecular formula is C25H20ClFN2O2S2. The molecule has 4 nitrogen and oxygen atoms in total. The first-order valence-electron chi connectivity index (χ1n) is 10.0. The second kappa shape index (κ2) is 9.95. The van der Waals surface area contributed by atoms with Gasteiger partial charge in [0.25, 0.3) is 5.91 Å². The van der Waals surface area contributed by atoms with Gasteiger partial charge in [-0.05, 0) is 60.2 Å². The van der Waals surface area contributed by atoms with Gasteiger partial charge < -0.3 is 9.64 Å². The van der Waals surface area contributed by atoms with Crippen molar-refractivity contribution in [2.75, 3.05) is 23.9 Å². The molecule has 33 heavy (non-hydrogen) atoms. The van der Waals surface area contributed by atoms with Gasteiger partial charge in [-0.2, -0.15) is 0 Å². The van der Waals surface area contributed by atoms with E-state index >= 15 is 0 Å². The summed E-state index contributed by atoms with van der Waals surface area (Å²) in [7, 11) is 3.92. The third-order valence-corrected chi connectivity index (χ3v) is 6.68. The van der Waals surface area contributed by atoms with Crippen LogP contribution in [0.5, 0.6) is 5.75 Å². The third-order valence-electron chi connectivity index (χ3n) is 5.02. The smallest absolute Gasteiger partial charge is 0.270 e. The number of halogens is 2. The van der Waals surface area contributed by atoms with E-state index in [2.05, 4.69) is 0 Å². The Labute approximate surface area is 206 Å². The lowest BCUT2D eigenvalue weighted by Gasteiger charge is -2.17. The van der Waals surface area contributed by atoms with Crippen LogP contribution < -0.4 is 14.5 Å². The Kier molecular flexibility index (Phi) is 7.02. The molecule has 1 fully saturated rings. The zero-order valence-corrected chi connectivity index (χ0v) is 20.3. The van der Waals surface area contributed by atoms with Gasteiger partial charge in [0, 0.05) is 25.3 Å². The first-order chi connectivity index (χ1) is 15.8. The van der Waals surface area contributed by atoms with Crippen LogP contribution in [-0.2, 0) is 11.4 Å². The summed E-state index contributed by atoms with van der Waals surface area (Å²) in [6.45, 7) is 0.0000194. The van der Waals surface area contributed by atoms with Gasteiger partial charge in [-0.3, -0.25) is 9.69 Å². The summed E-state index contributed by atoms with van der Waals surface area (Å²) in [5.41, 5.74) is 2.83. The number of ether oxygens (including phenoxy) is 1. The molecule has 1 amide bonds. The van der Waals surface area contributed by atoms with E-state index in [1.54, 1.807) is 30.3 Å². The second-order valence-corrected chi connectivity index (χ2v) is 9.57. The fourth-order valence-electron chi connectivity index (χ4n) is 3.26. The molecule has 0 aromatic heterocycles. The van der Waals surface area contributed by atoms with Crippen LogP contribution in [0.4, 0.5) is 15.8 Å². The minimum absolute atomic E-state index is 0.0000194. The molecule has 4 rings (SSSR count). The number of nitrogens with zero attached hydrogens (tertiary/aromatic N) is 2. The predicted octanol–water partition coefficient (Wildman–Crippen LogP) is 6.53. The lowest BCUT2D eigenvalue weighted by Crippen LogP contribution is -2.27. The Morgan fingerprint density at radius 3 is 2.55 bits per heavy atom. The second-order valence-electron chi connectivity index (χ2n) is 7.49. The maximum absolute atomic E-state index is 14.0. The van der Waals surface area contributed by atoms with Crippen LogP contribution in [0.15, 0.2) is 71.6 Å². The highest BCUT2D eigenvalue weighted by molar-refractivity contribution is 8.27. The lowest BCUT2D eigenvalue weighted by molar-refractivity contribution is -0.113. The maximum atomic E-state index is 14.0. The molecule has 168 valence electrons. The number of amides is 1. The number of carbonyl (C=O) groups is 1. The lowest BCUT2D eigenvalue weighted by atomic mass is 10.2. The van der Waals surface area contributed by atoms with Gasteiger partial charge in [-0.1, -0.05) is 53.8 Å². The van der Waals surface area contributed by atoms with Crippen molar-refractivity contribution in [3.8, 4) is 5.75 Å². The topological polar surface area (TPSA) is 32.8 Å². The van der Waals surface area contributed by atoms with Crippen molar-refractivity contribution in [3.05, 3.63) is 93.6 Å². The summed E-state index contributed by atoms with van der Waals surface area (Å²) in [5, 5.41) is 0.313. The van der Waals surface area contributed by atoms with E-state index in [-0.39, 0.29) is 12.5 Å². The fraction of sp³-hybridized carbons (Fsp3) is 0.120. The fourth-order valence-corrected chi connectivity index (χ4v) is 4.78. The summed E-state index contributed by atoms with van der Waals surface area (Å²) in [4.78, 5) is 17.1. The van der Waals surface area contributed by atoms with Crippen LogP contribution >= 0.6 is 35.6 Å². The Morgan fingerprint density at radius 2 is 1.85 bits per heavy atom. The summed E-state index contributed by atoms with van der Waals surface area (Å²) in [6, 6.07) is 19.4. The molecule has 1 aliphatic heterocycles. The van der Waals surface area contributed by atoms with Crippen molar-refractivity contribution in [2.45, 2.75) is 6.61 Å². The van der Waals surface area contributed by atoms with Crippen molar-refractivity contribution < 1.29 is 13.9 Å². The minimum Gasteiger partial charge on any atom is -0.489 e. The van der Waals surface area contributed by atoms with Crippen molar-refractivity contribution >= 4 is 63.3 Å². The molecule has 1 heterocycles. The van der Waals surface area contributed by atoms with E-state index in [1.807, 2.05) is 55.4 Å². The highest BCUT2D eigenvalue weighted by Gasteiger charge is 2.33. The number of carbonyl (C=O) groups excluding carboxylic acids is 1. The van der Waals surface area contributed by atoms with Crippen LogP contribution in [0.3, 0.4) is 0 Å². The normalized spacial score (nSPS) is 14.8. The third kappa shape index (κ3) is 5.21. The van der Waals surface area contributed by atoms with Crippen LogP contribution in [0, 0.1) is 5.82 Å². The highest BCUT2D eigenvalue weighted by atomic mass is 35.5. The van der Waals surface area contributed by atoms with Crippen LogP contribution in [0.25, 0.3) is 6.08 Å². The van der Waals surface area contributed by atoms with Crippen molar-refractivity contribution in [1.29, 1.82) is 0 Å². The number of rotatable bonds is 6. The van der Waals surface area contributed by atoms with E-state index in [0.29, 0.717) is 25.6 Å². The van der Waals surface area contributed by atoms with Gasteiger partial charge in [0.1, 0.15) is 18.2 Å². The molecule has 0 spiro atoms. The summed E-state index contributed by atoms with van der Waals surface area (Å²) >= 11 is 12.8. The zero-order valence-electron chi connectivity index (χ0n) is 17.9. The average molecular weight is 499 g/mol. The van der Waals surface area contributed by atoms with Crippen molar-refractivity contribution in [2.24, 2.45) is 0 Å². The zero-order chi connectivity index (χ0) is 23.5. The van der Waals surface area contributed by atoms with Crippen molar-refractivity contribution in [3.63, 3.8) is 0 Å². The largest absolute Gasteiger partial charge is 0.489 e. The Hall–Kier alpha value is -2.87. The highest BCUT2D eigenvalue weighted by Crippen LogP contribution is 2.36. The molecule has 0 saturated carbocycles. The SMILES string of the molecule is CN(C)c1ccc(N2C(=O)/C(=C\c3cccc(OCc4c(F)cccc4Cl)c3)SC2=S)cc1. The molecule has 0 radical (unpaired) electrons. The Balaban J connectivity index is 1.51. The van der Waals surface area contributed by atoms with Crippen LogP contribution in [0.1, 0.15) is 11.1 Å². The summed E-state index contributed by atoms with van der Waals surface area (Å²) in [6.07, 6.45) is 1.77. The molecule has 0 atom stereocenters. The van der Waals surface area contributed by atoms with E-state index in [9.17, 15) is 9.18 Å². The maximum Gasteiger partial charge on any atom is 0.270 e. The van der Waals surface area contributed by atoms with Gasteiger partial charge >= 0.3 is 0 Å². The number of thiocarbonyl (C=S) groups is 1. The van der Waals surface area contributed by atoms with Gasteiger partial charge in [0.05, 0.1) is 15.6 Å². The summed E-state index contributed by atoms with van der Waals surface area (Å²) in [5.74, 6) is -0.0502. The average Bonchev–Trinajstić information content (AvgIpc) is 3.06. The van der Waals surface area contributed by atoms with E-state index in [0.717, 1.165) is 16.9 Å². The molecule has 0 aliphatic carbocycles. The van der Waals surface area contributed by atoms with Gasteiger partial charge in [0.2, 0.25) is 0 Å². The minimum atomic E-state index is -0.416. The predicted molar refractivity (Wildman–Crippen MR) is 139 cm³/mol. The first kappa shape index (κ1) is 23.3. The van der Waals surface area contributed by atoms with Gasteiger partial charge in [-0.15, -0.1) is 0 Å². The quantitative estimate of drug-likeness (QED) is 0.285. The van der Waals surface area contributed by atoms with Gasteiger partial charge in [0.15, 0.2) is 4.32 Å². The Morgan fingerprint density at radius 1 is 1.12 bits per heavy atom. The molecule has 1 aliphatic rings. The molecule has 0 bridgehead atoms. The van der Waals surface area contributed by atoms with E-state index in [1.165, 1.54) is 22.7 Å². The molecule has 3 aromatic carbocycles.